The maximum Gasteiger partial charge on any atom is 0.165 e. The molecular formula is C14H19NO2. The topological polar surface area (TPSA) is 52.3 Å². The van der Waals surface area contributed by atoms with Crippen molar-refractivity contribution < 1.29 is 9.53 Å². The molecule has 1 unspecified atom stereocenters. The van der Waals surface area contributed by atoms with Gasteiger partial charge in [-0.15, -0.1) is 0 Å². The molecule has 1 aliphatic rings. The van der Waals surface area contributed by atoms with Gasteiger partial charge >= 0.3 is 0 Å². The Labute approximate surface area is 102 Å². The molecule has 1 fully saturated rings. The van der Waals surface area contributed by atoms with E-state index in [-0.39, 0.29) is 17.8 Å². The molecule has 0 heterocycles. The number of Topliss-reactive ketones (excluding diaryl/α,β-unsaturated/α-hetero) is 1. The highest BCUT2D eigenvalue weighted by Gasteiger charge is 2.30. The van der Waals surface area contributed by atoms with E-state index >= 15 is 0 Å². The molecule has 1 atom stereocenters. The van der Waals surface area contributed by atoms with Crippen LogP contribution in [-0.4, -0.2) is 18.4 Å². The van der Waals surface area contributed by atoms with Gasteiger partial charge in [0.15, 0.2) is 5.78 Å². The van der Waals surface area contributed by atoms with Crippen molar-refractivity contribution in [2.75, 3.05) is 6.54 Å². The Morgan fingerprint density at radius 1 is 1.41 bits per heavy atom. The van der Waals surface area contributed by atoms with E-state index < -0.39 is 0 Å². The lowest BCUT2D eigenvalue weighted by Gasteiger charge is -2.15. The second-order valence-electron chi connectivity index (χ2n) is 4.55. The van der Waals surface area contributed by atoms with Crippen molar-refractivity contribution in [2.24, 2.45) is 11.7 Å². The van der Waals surface area contributed by atoms with Crippen LogP contribution in [0.15, 0.2) is 24.3 Å². The first-order valence-electron chi connectivity index (χ1n) is 6.25. The predicted octanol–water partition coefficient (Wildman–Crippen LogP) is 2.40. The first kappa shape index (κ1) is 12.1. The molecule has 92 valence electrons. The van der Waals surface area contributed by atoms with Crippen molar-refractivity contribution in [1.29, 1.82) is 0 Å². The van der Waals surface area contributed by atoms with Gasteiger partial charge in [0.2, 0.25) is 0 Å². The SMILES string of the molecule is CCC(CN)Oc1ccc(C(=O)C2CC2)cc1. The lowest BCUT2D eigenvalue weighted by atomic mass is 10.1. The van der Waals surface area contributed by atoms with Crippen LogP contribution in [0.25, 0.3) is 0 Å². The van der Waals surface area contributed by atoms with Gasteiger partial charge in [0, 0.05) is 18.0 Å². The number of carbonyl (C=O) groups is 1. The van der Waals surface area contributed by atoms with Gasteiger partial charge < -0.3 is 10.5 Å². The summed E-state index contributed by atoms with van der Waals surface area (Å²) in [5.74, 6) is 1.33. The first-order valence-corrected chi connectivity index (χ1v) is 6.25. The summed E-state index contributed by atoms with van der Waals surface area (Å²) in [4.78, 5) is 11.8. The van der Waals surface area contributed by atoms with Gasteiger partial charge in [-0.3, -0.25) is 4.79 Å². The Balaban J connectivity index is 1.99. The molecule has 0 aromatic heterocycles. The minimum Gasteiger partial charge on any atom is -0.489 e. The third-order valence-corrected chi connectivity index (χ3v) is 3.11. The molecule has 2 N–H and O–H groups in total. The number of benzene rings is 1. The minimum atomic E-state index is 0.0555. The number of ether oxygens (including phenoxy) is 1. The summed E-state index contributed by atoms with van der Waals surface area (Å²) in [5.41, 5.74) is 6.37. The molecule has 1 aliphatic carbocycles. The van der Waals surface area contributed by atoms with Crippen LogP contribution in [0.1, 0.15) is 36.5 Å². The van der Waals surface area contributed by atoms with Crippen LogP contribution in [0.2, 0.25) is 0 Å². The molecule has 0 spiro atoms. The van der Waals surface area contributed by atoms with Crippen molar-refractivity contribution in [3.8, 4) is 5.75 Å². The minimum absolute atomic E-state index is 0.0555. The monoisotopic (exact) mass is 233 g/mol. The molecule has 3 heteroatoms. The molecule has 17 heavy (non-hydrogen) atoms. The molecule has 1 aromatic carbocycles. The van der Waals surface area contributed by atoms with Crippen LogP contribution in [-0.2, 0) is 0 Å². The summed E-state index contributed by atoms with van der Waals surface area (Å²) in [7, 11) is 0. The maximum absolute atomic E-state index is 11.8. The summed E-state index contributed by atoms with van der Waals surface area (Å²) in [5, 5.41) is 0. The van der Waals surface area contributed by atoms with E-state index in [4.69, 9.17) is 10.5 Å². The normalized spacial score (nSPS) is 16.6. The van der Waals surface area contributed by atoms with Crippen LogP contribution < -0.4 is 10.5 Å². The third kappa shape index (κ3) is 3.07. The molecular weight excluding hydrogens is 214 g/mol. The summed E-state index contributed by atoms with van der Waals surface area (Å²) in [6.45, 7) is 2.56. The fraction of sp³-hybridized carbons (Fsp3) is 0.500. The Kier molecular flexibility index (Phi) is 3.79. The lowest BCUT2D eigenvalue weighted by Crippen LogP contribution is -2.25. The molecule has 3 nitrogen and oxygen atoms in total. The van der Waals surface area contributed by atoms with Gasteiger partial charge in [0.05, 0.1) is 0 Å². The predicted molar refractivity (Wildman–Crippen MR) is 67.3 cm³/mol. The average Bonchev–Trinajstić information content (AvgIpc) is 3.20. The van der Waals surface area contributed by atoms with Crippen LogP contribution in [0.4, 0.5) is 0 Å². The fourth-order valence-corrected chi connectivity index (χ4v) is 1.77. The number of carbonyl (C=O) groups excluding carboxylic acids is 1. The van der Waals surface area contributed by atoms with Crippen molar-refractivity contribution in [3.63, 3.8) is 0 Å². The van der Waals surface area contributed by atoms with E-state index in [0.717, 1.165) is 30.6 Å². The van der Waals surface area contributed by atoms with E-state index in [9.17, 15) is 4.79 Å². The van der Waals surface area contributed by atoms with Gasteiger partial charge in [-0.1, -0.05) is 6.92 Å². The molecule has 0 amide bonds. The third-order valence-electron chi connectivity index (χ3n) is 3.11. The summed E-state index contributed by atoms with van der Waals surface area (Å²) in [6, 6.07) is 7.40. The van der Waals surface area contributed by atoms with E-state index in [0.29, 0.717) is 6.54 Å². The summed E-state index contributed by atoms with van der Waals surface area (Å²) in [6.07, 6.45) is 3.03. The molecule has 1 saturated carbocycles. The number of rotatable bonds is 6. The zero-order chi connectivity index (χ0) is 12.3. The zero-order valence-corrected chi connectivity index (χ0v) is 10.2. The highest BCUT2D eigenvalue weighted by atomic mass is 16.5. The molecule has 0 aliphatic heterocycles. The molecule has 1 aromatic rings. The van der Waals surface area contributed by atoms with E-state index in [1.807, 2.05) is 31.2 Å². The quantitative estimate of drug-likeness (QED) is 0.767. The van der Waals surface area contributed by atoms with Gasteiger partial charge in [-0.2, -0.15) is 0 Å². The number of ketones is 1. The van der Waals surface area contributed by atoms with E-state index in [2.05, 4.69) is 0 Å². The first-order chi connectivity index (χ1) is 8.24. The maximum atomic E-state index is 11.8. The standard InChI is InChI=1S/C14H19NO2/c1-2-12(9-15)17-13-7-5-11(6-8-13)14(16)10-3-4-10/h5-8,10,12H,2-4,9,15H2,1H3. The van der Waals surface area contributed by atoms with Gasteiger partial charge in [-0.25, -0.2) is 0 Å². The second kappa shape index (κ2) is 5.32. The second-order valence-corrected chi connectivity index (χ2v) is 4.55. The molecule has 0 radical (unpaired) electrons. The highest BCUT2D eigenvalue weighted by molar-refractivity contribution is 5.99. The Morgan fingerprint density at radius 2 is 2.06 bits per heavy atom. The van der Waals surface area contributed by atoms with Crippen LogP contribution >= 0.6 is 0 Å². The van der Waals surface area contributed by atoms with Crippen LogP contribution in [0.3, 0.4) is 0 Å². The number of nitrogens with two attached hydrogens (primary N) is 1. The average molecular weight is 233 g/mol. The molecule has 0 saturated heterocycles. The number of hydrogen-bond donors (Lipinski definition) is 1. The van der Waals surface area contributed by atoms with Gasteiger partial charge in [0.1, 0.15) is 11.9 Å². The van der Waals surface area contributed by atoms with Crippen molar-refractivity contribution in [3.05, 3.63) is 29.8 Å². The van der Waals surface area contributed by atoms with Gasteiger partial charge in [0.25, 0.3) is 0 Å². The van der Waals surface area contributed by atoms with Crippen LogP contribution in [0.5, 0.6) is 5.75 Å². The molecule has 2 rings (SSSR count). The van der Waals surface area contributed by atoms with E-state index in [1.165, 1.54) is 0 Å². The Hall–Kier alpha value is -1.35. The summed E-state index contributed by atoms with van der Waals surface area (Å²) >= 11 is 0. The largest absolute Gasteiger partial charge is 0.489 e. The van der Waals surface area contributed by atoms with Crippen molar-refractivity contribution in [2.45, 2.75) is 32.3 Å². The van der Waals surface area contributed by atoms with Gasteiger partial charge in [-0.05, 0) is 43.5 Å². The lowest BCUT2D eigenvalue weighted by molar-refractivity contribution is 0.0967. The van der Waals surface area contributed by atoms with Crippen molar-refractivity contribution >= 4 is 5.78 Å². The number of hydrogen-bond acceptors (Lipinski definition) is 3. The van der Waals surface area contributed by atoms with Crippen LogP contribution in [0, 0.1) is 5.92 Å². The Morgan fingerprint density at radius 3 is 2.53 bits per heavy atom. The Bertz CT molecular complexity index is 378. The van der Waals surface area contributed by atoms with E-state index in [1.54, 1.807) is 0 Å². The smallest absolute Gasteiger partial charge is 0.165 e. The highest BCUT2D eigenvalue weighted by Crippen LogP contribution is 2.32. The van der Waals surface area contributed by atoms with Crippen molar-refractivity contribution in [1.82, 2.24) is 0 Å². The fourth-order valence-electron chi connectivity index (χ4n) is 1.77. The molecule has 0 bridgehead atoms. The summed E-state index contributed by atoms with van der Waals surface area (Å²) < 4.78 is 5.69. The zero-order valence-electron chi connectivity index (χ0n) is 10.2.